The van der Waals surface area contributed by atoms with Gasteiger partial charge in [-0.05, 0) is 44.7 Å². The minimum absolute atomic E-state index is 0.00677. The summed E-state index contributed by atoms with van der Waals surface area (Å²) < 4.78 is 10.9. The Labute approximate surface area is 159 Å². The van der Waals surface area contributed by atoms with Crippen LogP contribution in [-0.2, 0) is 20.7 Å². The standard InChI is InChI=1S/C21H26N2O4/c1-12(2)21(6,11-22)23-20(25)15(5)27-18(24)9-16-10-26-19-14(4)13(3)7-8-17(16)19/h7-8,10,12,15H,9H2,1-6H3,(H,23,25). The van der Waals surface area contributed by atoms with E-state index in [1.54, 1.807) is 13.2 Å². The van der Waals surface area contributed by atoms with E-state index in [4.69, 9.17) is 9.15 Å². The molecule has 27 heavy (non-hydrogen) atoms. The molecule has 1 aromatic carbocycles. The number of carbonyl (C=O) groups excluding carboxylic acids is 2. The zero-order valence-electron chi connectivity index (χ0n) is 16.7. The largest absolute Gasteiger partial charge is 0.464 e. The van der Waals surface area contributed by atoms with Crippen molar-refractivity contribution in [2.45, 2.75) is 59.6 Å². The van der Waals surface area contributed by atoms with Crippen molar-refractivity contribution in [1.29, 1.82) is 5.26 Å². The van der Waals surface area contributed by atoms with Crippen molar-refractivity contribution in [3.8, 4) is 6.07 Å². The molecule has 2 unspecified atom stereocenters. The summed E-state index contributed by atoms with van der Waals surface area (Å²) in [5.74, 6) is -1.11. The topological polar surface area (TPSA) is 92.3 Å². The Balaban J connectivity index is 2.05. The number of nitrogens with zero attached hydrogens (tertiary/aromatic N) is 1. The highest BCUT2D eigenvalue weighted by Gasteiger charge is 2.32. The fraction of sp³-hybridized carbons (Fsp3) is 0.476. The van der Waals surface area contributed by atoms with Gasteiger partial charge in [0.1, 0.15) is 11.1 Å². The summed E-state index contributed by atoms with van der Waals surface area (Å²) in [4.78, 5) is 24.6. The van der Waals surface area contributed by atoms with Crippen LogP contribution in [-0.4, -0.2) is 23.5 Å². The smallest absolute Gasteiger partial charge is 0.311 e. The molecule has 0 spiro atoms. The first-order valence-electron chi connectivity index (χ1n) is 8.98. The third kappa shape index (κ3) is 4.30. The van der Waals surface area contributed by atoms with Crippen LogP contribution in [0.3, 0.4) is 0 Å². The summed E-state index contributed by atoms with van der Waals surface area (Å²) in [6.07, 6.45) is 0.563. The Morgan fingerprint density at radius 3 is 2.56 bits per heavy atom. The summed E-state index contributed by atoms with van der Waals surface area (Å²) in [7, 11) is 0. The van der Waals surface area contributed by atoms with Crippen molar-refractivity contribution in [3.63, 3.8) is 0 Å². The van der Waals surface area contributed by atoms with Crippen molar-refractivity contribution in [2.24, 2.45) is 5.92 Å². The molecule has 144 valence electrons. The van der Waals surface area contributed by atoms with Gasteiger partial charge in [0.2, 0.25) is 0 Å². The van der Waals surface area contributed by atoms with E-state index < -0.39 is 23.5 Å². The molecule has 0 radical (unpaired) electrons. The number of aryl methyl sites for hydroxylation is 2. The lowest BCUT2D eigenvalue weighted by molar-refractivity contribution is -0.154. The molecule has 0 aliphatic heterocycles. The minimum Gasteiger partial charge on any atom is -0.464 e. The molecule has 1 aromatic heterocycles. The van der Waals surface area contributed by atoms with Crippen LogP contribution >= 0.6 is 0 Å². The van der Waals surface area contributed by atoms with Gasteiger partial charge in [0.05, 0.1) is 18.8 Å². The molecular weight excluding hydrogens is 344 g/mol. The van der Waals surface area contributed by atoms with Crippen LogP contribution in [0.25, 0.3) is 11.0 Å². The molecule has 2 aromatic rings. The third-order valence-electron chi connectivity index (χ3n) is 5.12. The summed E-state index contributed by atoms with van der Waals surface area (Å²) in [6.45, 7) is 10.8. The summed E-state index contributed by atoms with van der Waals surface area (Å²) >= 11 is 0. The third-order valence-corrected chi connectivity index (χ3v) is 5.12. The van der Waals surface area contributed by atoms with Gasteiger partial charge >= 0.3 is 5.97 Å². The van der Waals surface area contributed by atoms with Gasteiger partial charge in [-0.3, -0.25) is 9.59 Å². The van der Waals surface area contributed by atoms with Crippen molar-refractivity contribution in [1.82, 2.24) is 5.32 Å². The maximum Gasteiger partial charge on any atom is 0.311 e. The summed E-state index contributed by atoms with van der Waals surface area (Å²) in [5.41, 5.74) is 2.60. The maximum atomic E-state index is 12.3. The Morgan fingerprint density at radius 2 is 1.96 bits per heavy atom. The number of nitrogens with one attached hydrogen (secondary N) is 1. The van der Waals surface area contributed by atoms with Gasteiger partial charge < -0.3 is 14.5 Å². The van der Waals surface area contributed by atoms with E-state index in [1.165, 1.54) is 6.92 Å². The van der Waals surface area contributed by atoms with E-state index in [-0.39, 0.29) is 12.3 Å². The monoisotopic (exact) mass is 370 g/mol. The predicted octanol–water partition coefficient (Wildman–Crippen LogP) is 3.58. The second-order valence-corrected chi connectivity index (χ2v) is 7.41. The van der Waals surface area contributed by atoms with E-state index in [0.717, 1.165) is 27.7 Å². The van der Waals surface area contributed by atoms with E-state index in [1.807, 2.05) is 39.8 Å². The first-order chi connectivity index (χ1) is 12.6. The average Bonchev–Trinajstić information content (AvgIpc) is 3.00. The van der Waals surface area contributed by atoms with Crippen LogP contribution < -0.4 is 5.32 Å². The lowest BCUT2D eigenvalue weighted by Gasteiger charge is -2.28. The van der Waals surface area contributed by atoms with E-state index in [2.05, 4.69) is 11.4 Å². The van der Waals surface area contributed by atoms with Crippen molar-refractivity contribution in [3.05, 3.63) is 35.1 Å². The normalized spacial score (nSPS) is 14.4. The number of furan rings is 1. The van der Waals surface area contributed by atoms with Crippen LogP contribution in [0.4, 0.5) is 0 Å². The van der Waals surface area contributed by atoms with Crippen molar-refractivity contribution < 1.29 is 18.7 Å². The number of ether oxygens (including phenoxy) is 1. The SMILES string of the molecule is Cc1ccc2c(CC(=O)OC(C)C(=O)NC(C)(C#N)C(C)C)coc2c1C. The fourth-order valence-corrected chi connectivity index (χ4v) is 2.63. The highest BCUT2D eigenvalue weighted by Crippen LogP contribution is 2.27. The number of fused-ring (bicyclic) bond motifs is 1. The lowest BCUT2D eigenvalue weighted by atomic mass is 9.90. The van der Waals surface area contributed by atoms with E-state index in [9.17, 15) is 14.9 Å². The molecule has 1 N–H and O–H groups in total. The van der Waals surface area contributed by atoms with E-state index in [0.29, 0.717) is 0 Å². The fourth-order valence-electron chi connectivity index (χ4n) is 2.63. The predicted molar refractivity (Wildman–Crippen MR) is 102 cm³/mol. The zero-order valence-corrected chi connectivity index (χ0v) is 16.7. The van der Waals surface area contributed by atoms with Gasteiger partial charge in [0.25, 0.3) is 5.91 Å². The molecule has 2 atom stereocenters. The van der Waals surface area contributed by atoms with Gasteiger partial charge in [-0.25, -0.2) is 0 Å². The summed E-state index contributed by atoms with van der Waals surface area (Å²) in [5, 5.41) is 12.8. The number of amides is 1. The summed E-state index contributed by atoms with van der Waals surface area (Å²) in [6, 6.07) is 5.99. The van der Waals surface area contributed by atoms with Gasteiger partial charge in [0.15, 0.2) is 6.10 Å². The van der Waals surface area contributed by atoms with Crippen LogP contribution in [0, 0.1) is 31.1 Å². The number of esters is 1. The number of hydrogen-bond donors (Lipinski definition) is 1. The molecule has 0 fully saturated rings. The highest BCUT2D eigenvalue weighted by molar-refractivity contribution is 5.89. The van der Waals surface area contributed by atoms with Crippen molar-refractivity contribution in [2.75, 3.05) is 0 Å². The number of carbonyl (C=O) groups is 2. The molecule has 0 saturated carbocycles. The van der Waals surface area contributed by atoms with Crippen LogP contribution in [0.5, 0.6) is 0 Å². The number of hydrogen-bond acceptors (Lipinski definition) is 5. The van der Waals surface area contributed by atoms with Crippen LogP contribution in [0.15, 0.2) is 22.8 Å². The molecule has 6 nitrogen and oxygen atoms in total. The van der Waals surface area contributed by atoms with Gasteiger partial charge in [0, 0.05) is 10.9 Å². The molecule has 0 aliphatic carbocycles. The van der Waals surface area contributed by atoms with Crippen LogP contribution in [0.2, 0.25) is 0 Å². The molecule has 2 rings (SSSR count). The maximum absolute atomic E-state index is 12.3. The minimum atomic E-state index is -1.02. The van der Waals surface area contributed by atoms with Crippen molar-refractivity contribution >= 4 is 22.8 Å². The number of benzene rings is 1. The lowest BCUT2D eigenvalue weighted by Crippen LogP contribution is -2.52. The second kappa shape index (κ2) is 7.83. The van der Waals surface area contributed by atoms with Crippen LogP contribution in [0.1, 0.15) is 44.4 Å². The Hall–Kier alpha value is -2.81. The Bertz CT molecular complexity index is 907. The molecule has 1 heterocycles. The first-order valence-corrected chi connectivity index (χ1v) is 8.98. The molecule has 0 aliphatic rings. The zero-order chi connectivity index (χ0) is 20.4. The van der Waals surface area contributed by atoms with Gasteiger partial charge in [-0.2, -0.15) is 5.26 Å². The Kier molecular flexibility index (Phi) is 5.94. The first kappa shape index (κ1) is 20.5. The van der Waals surface area contributed by atoms with Gasteiger partial charge in [-0.15, -0.1) is 0 Å². The molecule has 6 heteroatoms. The average molecular weight is 370 g/mol. The molecule has 0 bridgehead atoms. The highest BCUT2D eigenvalue weighted by atomic mass is 16.5. The molecular formula is C21H26N2O4. The van der Waals surface area contributed by atoms with E-state index >= 15 is 0 Å². The Morgan fingerprint density at radius 1 is 1.30 bits per heavy atom. The molecule has 1 amide bonds. The number of rotatable bonds is 6. The number of nitriles is 1. The second-order valence-electron chi connectivity index (χ2n) is 7.41. The van der Waals surface area contributed by atoms with Gasteiger partial charge in [-0.1, -0.05) is 26.0 Å². The molecule has 0 saturated heterocycles. The quantitative estimate of drug-likeness (QED) is 0.785.